The fraction of sp³-hybridized carbons (Fsp3) is 0. The van der Waals surface area contributed by atoms with E-state index in [-0.39, 0.29) is 0 Å². The highest BCUT2D eigenvalue weighted by Crippen LogP contribution is 2.40. The minimum Gasteiger partial charge on any atom is -0.244 e. The van der Waals surface area contributed by atoms with Crippen molar-refractivity contribution in [3.8, 4) is 11.1 Å². The first-order valence-electron chi connectivity index (χ1n) is 7.50. The van der Waals surface area contributed by atoms with Crippen molar-refractivity contribution < 1.29 is 0 Å². The van der Waals surface area contributed by atoms with Crippen molar-refractivity contribution in [2.45, 2.75) is 0 Å². The summed E-state index contributed by atoms with van der Waals surface area (Å²) in [7, 11) is 0. The van der Waals surface area contributed by atoms with E-state index in [0.717, 1.165) is 10.9 Å². The van der Waals surface area contributed by atoms with Gasteiger partial charge in [-0.1, -0.05) is 42.5 Å². The third-order valence-electron chi connectivity index (χ3n) is 4.22. The van der Waals surface area contributed by atoms with Crippen LogP contribution in [-0.4, -0.2) is 9.97 Å². The number of hydrogen-bond donors (Lipinski definition) is 0. The molecule has 0 aliphatic heterocycles. The molecule has 2 nitrogen and oxygen atoms in total. The van der Waals surface area contributed by atoms with E-state index in [2.05, 4.69) is 70.6 Å². The molecule has 3 aromatic carbocycles. The minimum atomic E-state index is 0.981. The number of thiophene rings is 1. The van der Waals surface area contributed by atoms with Gasteiger partial charge in [0.15, 0.2) is 0 Å². The molecule has 2 heterocycles. The average molecular weight is 312 g/mol. The van der Waals surface area contributed by atoms with Crippen LogP contribution >= 0.6 is 11.3 Å². The zero-order chi connectivity index (χ0) is 15.2. The molecule has 3 heteroatoms. The van der Waals surface area contributed by atoms with Crippen molar-refractivity contribution in [1.29, 1.82) is 0 Å². The fourth-order valence-corrected chi connectivity index (χ4v) is 4.29. The van der Waals surface area contributed by atoms with Crippen LogP contribution in [0.25, 0.3) is 42.2 Å². The Labute approximate surface area is 137 Å². The maximum Gasteiger partial charge on any atom is 0.116 e. The molecule has 0 N–H and O–H groups in total. The lowest BCUT2D eigenvalue weighted by Crippen LogP contribution is -1.84. The summed E-state index contributed by atoms with van der Waals surface area (Å²) in [6.07, 6.45) is 3.46. The fourth-order valence-electron chi connectivity index (χ4n) is 3.16. The first kappa shape index (κ1) is 12.7. The molecule has 0 unspecified atom stereocenters. The normalized spacial score (nSPS) is 11.5. The number of aromatic nitrogens is 2. The Hall–Kier alpha value is -2.78. The van der Waals surface area contributed by atoms with Gasteiger partial charge in [0, 0.05) is 31.8 Å². The van der Waals surface area contributed by atoms with Crippen LogP contribution in [0.4, 0.5) is 0 Å². The molecular formula is C20H12N2S. The molecule has 0 atom stereocenters. The highest BCUT2D eigenvalue weighted by molar-refractivity contribution is 7.25. The quantitative estimate of drug-likeness (QED) is 0.399. The van der Waals surface area contributed by atoms with Gasteiger partial charge >= 0.3 is 0 Å². The molecule has 2 aromatic heterocycles. The van der Waals surface area contributed by atoms with Crippen LogP contribution in [-0.2, 0) is 0 Å². The molecule has 0 radical (unpaired) electrons. The molecule has 0 fully saturated rings. The molecule has 5 aromatic rings. The first-order valence-corrected chi connectivity index (χ1v) is 8.32. The minimum absolute atomic E-state index is 0.981. The Morgan fingerprint density at radius 3 is 2.74 bits per heavy atom. The summed E-state index contributed by atoms with van der Waals surface area (Å²) in [5.41, 5.74) is 3.44. The predicted molar refractivity (Wildman–Crippen MR) is 97.9 cm³/mol. The van der Waals surface area contributed by atoms with Gasteiger partial charge in [0.1, 0.15) is 6.33 Å². The summed E-state index contributed by atoms with van der Waals surface area (Å²) in [6, 6.07) is 21.6. The van der Waals surface area contributed by atoms with E-state index in [0.29, 0.717) is 0 Å². The molecule has 0 aliphatic carbocycles. The standard InChI is InChI=1S/C20H12N2S/c1-2-6-18-16(4-1)20-15(5-3-7-19(20)23-18)13-8-9-14-11-21-12-22-17(14)10-13/h1-12H. The van der Waals surface area contributed by atoms with Crippen molar-refractivity contribution >= 4 is 42.4 Å². The van der Waals surface area contributed by atoms with Gasteiger partial charge in [-0.15, -0.1) is 11.3 Å². The van der Waals surface area contributed by atoms with Crippen molar-refractivity contribution in [3.63, 3.8) is 0 Å². The van der Waals surface area contributed by atoms with E-state index >= 15 is 0 Å². The molecule has 0 spiro atoms. The summed E-state index contributed by atoms with van der Waals surface area (Å²) in [4.78, 5) is 8.48. The Morgan fingerprint density at radius 1 is 0.826 bits per heavy atom. The van der Waals surface area contributed by atoms with E-state index in [4.69, 9.17) is 0 Å². The van der Waals surface area contributed by atoms with Crippen LogP contribution in [0.3, 0.4) is 0 Å². The Kier molecular flexibility index (Phi) is 2.69. The van der Waals surface area contributed by atoms with Crippen LogP contribution in [0.2, 0.25) is 0 Å². The Balaban J connectivity index is 1.87. The second-order valence-electron chi connectivity index (χ2n) is 5.57. The summed E-state index contributed by atoms with van der Waals surface area (Å²) < 4.78 is 2.66. The van der Waals surface area contributed by atoms with Crippen molar-refractivity contribution in [1.82, 2.24) is 9.97 Å². The van der Waals surface area contributed by atoms with Crippen LogP contribution in [0.5, 0.6) is 0 Å². The SMILES string of the molecule is c1ccc2c(c1)sc1cccc(-c3ccc4cncnc4c3)c12. The lowest BCUT2D eigenvalue weighted by molar-refractivity contribution is 1.22. The highest BCUT2D eigenvalue weighted by Gasteiger charge is 2.10. The first-order chi connectivity index (χ1) is 11.4. The topological polar surface area (TPSA) is 25.8 Å². The molecule has 0 bridgehead atoms. The Bertz CT molecular complexity index is 1170. The zero-order valence-electron chi connectivity index (χ0n) is 12.2. The predicted octanol–water partition coefficient (Wildman–Crippen LogP) is 5.66. The van der Waals surface area contributed by atoms with Gasteiger partial charge in [0.2, 0.25) is 0 Å². The molecule has 0 saturated heterocycles. The van der Waals surface area contributed by atoms with E-state index in [1.165, 1.54) is 31.3 Å². The molecule has 0 amide bonds. The van der Waals surface area contributed by atoms with Gasteiger partial charge < -0.3 is 0 Å². The average Bonchev–Trinajstić information content (AvgIpc) is 3.00. The number of benzene rings is 3. The summed E-state index contributed by atoms with van der Waals surface area (Å²) >= 11 is 1.85. The number of hydrogen-bond acceptors (Lipinski definition) is 3. The van der Waals surface area contributed by atoms with Crippen LogP contribution in [0, 0.1) is 0 Å². The molecule has 108 valence electrons. The molecule has 23 heavy (non-hydrogen) atoms. The van der Waals surface area contributed by atoms with Crippen LogP contribution in [0.1, 0.15) is 0 Å². The molecule has 0 saturated carbocycles. The van der Waals surface area contributed by atoms with E-state index in [1.807, 2.05) is 17.5 Å². The van der Waals surface area contributed by atoms with E-state index in [9.17, 15) is 0 Å². The van der Waals surface area contributed by atoms with Gasteiger partial charge in [-0.3, -0.25) is 0 Å². The smallest absolute Gasteiger partial charge is 0.116 e. The van der Waals surface area contributed by atoms with E-state index in [1.54, 1.807) is 6.33 Å². The lowest BCUT2D eigenvalue weighted by atomic mass is 9.99. The van der Waals surface area contributed by atoms with Crippen molar-refractivity contribution in [3.05, 3.63) is 73.2 Å². The summed E-state index contributed by atoms with van der Waals surface area (Å²) in [5.74, 6) is 0. The number of nitrogens with zero attached hydrogens (tertiary/aromatic N) is 2. The second-order valence-corrected chi connectivity index (χ2v) is 6.66. The van der Waals surface area contributed by atoms with Crippen molar-refractivity contribution in [2.24, 2.45) is 0 Å². The lowest BCUT2D eigenvalue weighted by Gasteiger charge is -2.06. The van der Waals surface area contributed by atoms with Crippen molar-refractivity contribution in [2.75, 3.05) is 0 Å². The Morgan fingerprint density at radius 2 is 1.74 bits per heavy atom. The molecule has 5 rings (SSSR count). The summed E-state index contributed by atoms with van der Waals surface area (Å²) in [6.45, 7) is 0. The third kappa shape index (κ3) is 1.94. The largest absolute Gasteiger partial charge is 0.244 e. The number of fused-ring (bicyclic) bond motifs is 4. The van der Waals surface area contributed by atoms with Crippen LogP contribution < -0.4 is 0 Å². The van der Waals surface area contributed by atoms with Gasteiger partial charge in [0.05, 0.1) is 5.52 Å². The third-order valence-corrected chi connectivity index (χ3v) is 5.36. The zero-order valence-corrected chi connectivity index (χ0v) is 13.0. The van der Waals surface area contributed by atoms with Gasteiger partial charge in [-0.25, -0.2) is 9.97 Å². The van der Waals surface area contributed by atoms with Gasteiger partial charge in [-0.2, -0.15) is 0 Å². The maximum atomic E-state index is 4.39. The molecule has 0 aliphatic rings. The number of rotatable bonds is 1. The van der Waals surface area contributed by atoms with Crippen LogP contribution in [0.15, 0.2) is 73.2 Å². The maximum absolute atomic E-state index is 4.39. The van der Waals surface area contributed by atoms with Gasteiger partial charge in [-0.05, 0) is 29.3 Å². The second kappa shape index (κ2) is 4.86. The van der Waals surface area contributed by atoms with Gasteiger partial charge in [0.25, 0.3) is 0 Å². The monoisotopic (exact) mass is 312 g/mol. The van der Waals surface area contributed by atoms with E-state index < -0.39 is 0 Å². The highest BCUT2D eigenvalue weighted by atomic mass is 32.1. The summed E-state index contributed by atoms with van der Waals surface area (Å²) in [5, 5.41) is 3.73. The molecular weight excluding hydrogens is 300 g/mol.